The minimum Gasteiger partial charge on any atom is -0.379 e. The second kappa shape index (κ2) is 8.97. The number of carbonyl (C=O) groups excluding carboxylic acids is 2. The summed E-state index contributed by atoms with van der Waals surface area (Å²) in [5, 5.41) is 5.36. The molecule has 4 saturated carbocycles. The van der Waals surface area contributed by atoms with Gasteiger partial charge in [0.2, 0.25) is 11.8 Å². The molecule has 0 spiro atoms. The minimum atomic E-state index is -0.292. The first-order valence-electron chi connectivity index (χ1n) is 13.1. The van der Waals surface area contributed by atoms with E-state index in [1.165, 1.54) is 24.1 Å². The highest BCUT2D eigenvalue weighted by Crippen LogP contribution is 2.60. The molecule has 33 heavy (non-hydrogen) atoms. The van der Waals surface area contributed by atoms with Crippen molar-refractivity contribution in [3.05, 3.63) is 22.4 Å². The summed E-state index contributed by atoms with van der Waals surface area (Å²) >= 11 is 1.75. The molecule has 1 aromatic rings. The van der Waals surface area contributed by atoms with E-state index in [0.717, 1.165) is 82.7 Å². The van der Waals surface area contributed by atoms with Crippen LogP contribution in [0.1, 0.15) is 62.3 Å². The summed E-state index contributed by atoms with van der Waals surface area (Å²) in [6.45, 7) is 4.60. The molecule has 2 saturated heterocycles. The van der Waals surface area contributed by atoms with Gasteiger partial charge in [0.1, 0.15) is 6.04 Å². The monoisotopic (exact) mass is 471 g/mol. The van der Waals surface area contributed by atoms with Crippen LogP contribution in [0.4, 0.5) is 0 Å². The molecule has 1 aromatic heterocycles. The summed E-state index contributed by atoms with van der Waals surface area (Å²) in [5.41, 5.74) is -0.162. The van der Waals surface area contributed by atoms with E-state index in [2.05, 4.69) is 27.7 Å². The maximum atomic E-state index is 13.9. The van der Waals surface area contributed by atoms with Gasteiger partial charge >= 0.3 is 0 Å². The van der Waals surface area contributed by atoms with E-state index in [9.17, 15) is 9.59 Å². The molecule has 0 aromatic carbocycles. The highest BCUT2D eigenvalue weighted by atomic mass is 32.1. The fourth-order valence-electron chi connectivity index (χ4n) is 8.05. The molecule has 3 heterocycles. The average molecular weight is 472 g/mol. The molecule has 6 aliphatic rings. The van der Waals surface area contributed by atoms with E-state index in [4.69, 9.17) is 4.74 Å². The predicted octanol–water partition coefficient (Wildman–Crippen LogP) is 3.45. The molecule has 6 fully saturated rings. The summed E-state index contributed by atoms with van der Waals surface area (Å²) in [7, 11) is 0. The van der Waals surface area contributed by atoms with Crippen molar-refractivity contribution in [2.45, 2.75) is 63.5 Å². The number of nitrogens with one attached hydrogen (secondary N) is 1. The summed E-state index contributed by atoms with van der Waals surface area (Å²) in [5.74, 6) is 2.59. The number of rotatable bonds is 6. The summed E-state index contributed by atoms with van der Waals surface area (Å²) in [6, 6.07) is 4.12. The van der Waals surface area contributed by atoms with Gasteiger partial charge in [0.15, 0.2) is 0 Å². The molecule has 7 heteroatoms. The van der Waals surface area contributed by atoms with E-state index < -0.39 is 0 Å². The van der Waals surface area contributed by atoms with Crippen LogP contribution < -0.4 is 5.32 Å². The van der Waals surface area contributed by atoms with E-state index in [-0.39, 0.29) is 23.4 Å². The fraction of sp³-hybridized carbons (Fsp3) is 0.769. The van der Waals surface area contributed by atoms with Crippen molar-refractivity contribution < 1.29 is 14.3 Å². The van der Waals surface area contributed by atoms with Gasteiger partial charge in [0.25, 0.3) is 0 Å². The van der Waals surface area contributed by atoms with Gasteiger partial charge < -0.3 is 15.0 Å². The third-order valence-electron chi connectivity index (χ3n) is 9.14. The van der Waals surface area contributed by atoms with Gasteiger partial charge in [-0.05, 0) is 80.6 Å². The first-order valence-corrected chi connectivity index (χ1v) is 13.9. The Morgan fingerprint density at radius 3 is 2.42 bits per heavy atom. The zero-order valence-electron chi connectivity index (χ0n) is 19.5. The van der Waals surface area contributed by atoms with Crippen LogP contribution in [0.15, 0.2) is 17.5 Å². The zero-order chi connectivity index (χ0) is 22.4. The topological polar surface area (TPSA) is 61.9 Å². The molecule has 6 nitrogen and oxygen atoms in total. The Bertz CT molecular complexity index is 831. The number of morpholine rings is 1. The lowest BCUT2D eigenvalue weighted by atomic mass is 9.49. The van der Waals surface area contributed by atoms with Crippen LogP contribution in [0.25, 0.3) is 0 Å². The van der Waals surface area contributed by atoms with E-state index in [1.807, 2.05) is 4.90 Å². The molecule has 0 radical (unpaired) electrons. The molecular weight excluding hydrogens is 434 g/mol. The minimum absolute atomic E-state index is 0.0420. The molecule has 2 aliphatic heterocycles. The van der Waals surface area contributed by atoms with Crippen molar-refractivity contribution in [1.82, 2.24) is 15.1 Å². The number of nitrogens with zero attached hydrogens (tertiary/aromatic N) is 2. The van der Waals surface area contributed by atoms with E-state index in [1.54, 1.807) is 11.3 Å². The molecular formula is C26H37N3O3S. The number of carbonyl (C=O) groups is 2. The molecule has 4 aliphatic carbocycles. The van der Waals surface area contributed by atoms with Crippen LogP contribution in [0.2, 0.25) is 0 Å². The number of thiophene rings is 1. The standard InChI is InChI=1S/C26H37N3O3S/c30-24(27-17-22(23-4-2-10-33-23)28-6-8-32-9-7-28)21-3-1-5-29(21)25(31)26-14-18-11-19(15-26)13-20(12-18)16-26/h2,4,10,18-22H,1,3,5-9,11-17H2,(H,27,30). The second-order valence-electron chi connectivity index (χ2n) is 11.3. The number of ether oxygens (including phenoxy) is 1. The zero-order valence-corrected chi connectivity index (χ0v) is 20.4. The van der Waals surface area contributed by atoms with Gasteiger partial charge in [-0.2, -0.15) is 0 Å². The molecule has 7 rings (SSSR count). The van der Waals surface area contributed by atoms with Crippen molar-refractivity contribution in [2.24, 2.45) is 23.2 Å². The largest absolute Gasteiger partial charge is 0.379 e. The fourth-order valence-corrected chi connectivity index (χ4v) is 8.92. The number of hydrogen-bond donors (Lipinski definition) is 1. The molecule has 1 N–H and O–H groups in total. The molecule has 2 unspecified atom stereocenters. The molecule has 4 bridgehead atoms. The van der Waals surface area contributed by atoms with Crippen LogP contribution in [-0.4, -0.2) is 67.0 Å². The Kier molecular flexibility index (Phi) is 5.99. The Morgan fingerprint density at radius 2 is 1.79 bits per heavy atom. The lowest BCUT2D eigenvalue weighted by Gasteiger charge is -2.56. The maximum Gasteiger partial charge on any atom is 0.242 e. The normalized spacial score (nSPS) is 36.8. The van der Waals surface area contributed by atoms with Gasteiger partial charge in [0, 0.05) is 31.1 Å². The Balaban J connectivity index is 1.13. The van der Waals surface area contributed by atoms with Gasteiger partial charge in [-0.25, -0.2) is 0 Å². The first-order chi connectivity index (χ1) is 16.1. The summed E-state index contributed by atoms with van der Waals surface area (Å²) in [6.07, 6.45) is 8.95. The van der Waals surface area contributed by atoms with Crippen molar-refractivity contribution in [3.63, 3.8) is 0 Å². The highest BCUT2D eigenvalue weighted by Gasteiger charge is 2.56. The third kappa shape index (κ3) is 4.14. The summed E-state index contributed by atoms with van der Waals surface area (Å²) in [4.78, 5) is 33.0. The third-order valence-corrected chi connectivity index (χ3v) is 10.1. The molecule has 180 valence electrons. The molecule has 2 atom stereocenters. The molecule has 2 amide bonds. The number of amides is 2. The maximum absolute atomic E-state index is 13.9. The number of hydrogen-bond acceptors (Lipinski definition) is 5. The Hall–Kier alpha value is -1.44. The van der Waals surface area contributed by atoms with Crippen molar-refractivity contribution in [1.29, 1.82) is 0 Å². The van der Waals surface area contributed by atoms with Crippen molar-refractivity contribution in [3.8, 4) is 0 Å². The number of likely N-dealkylation sites (tertiary alicyclic amines) is 1. The van der Waals surface area contributed by atoms with Gasteiger partial charge in [-0.3, -0.25) is 14.5 Å². The first kappa shape index (κ1) is 22.1. The predicted molar refractivity (Wildman–Crippen MR) is 128 cm³/mol. The van der Waals surface area contributed by atoms with Gasteiger partial charge in [-0.1, -0.05) is 6.07 Å². The lowest BCUT2D eigenvalue weighted by molar-refractivity contribution is -0.160. The summed E-state index contributed by atoms with van der Waals surface area (Å²) < 4.78 is 5.55. The van der Waals surface area contributed by atoms with Crippen LogP contribution in [0, 0.1) is 23.2 Å². The SMILES string of the molecule is O=C(NCC(c1cccs1)N1CCOCC1)C1CCCN1C(=O)C12CC3CC(CC(C3)C1)C2. The van der Waals surface area contributed by atoms with Crippen LogP contribution in [-0.2, 0) is 14.3 Å². The van der Waals surface area contributed by atoms with Gasteiger partial charge in [0.05, 0.1) is 24.7 Å². The average Bonchev–Trinajstić information content (AvgIpc) is 3.51. The van der Waals surface area contributed by atoms with Gasteiger partial charge in [-0.15, -0.1) is 11.3 Å². The Labute approximate surface area is 201 Å². The van der Waals surface area contributed by atoms with Crippen molar-refractivity contribution >= 4 is 23.2 Å². The van der Waals surface area contributed by atoms with Crippen LogP contribution in [0.5, 0.6) is 0 Å². The van der Waals surface area contributed by atoms with E-state index in [0.29, 0.717) is 12.5 Å². The lowest BCUT2D eigenvalue weighted by Crippen LogP contribution is -2.57. The quantitative estimate of drug-likeness (QED) is 0.690. The van der Waals surface area contributed by atoms with Crippen molar-refractivity contribution in [2.75, 3.05) is 39.4 Å². The van der Waals surface area contributed by atoms with Crippen LogP contribution in [0.3, 0.4) is 0 Å². The van der Waals surface area contributed by atoms with Crippen LogP contribution >= 0.6 is 11.3 Å². The highest BCUT2D eigenvalue weighted by molar-refractivity contribution is 7.10. The second-order valence-corrected chi connectivity index (χ2v) is 12.3. The Morgan fingerprint density at radius 1 is 1.09 bits per heavy atom. The van der Waals surface area contributed by atoms with E-state index >= 15 is 0 Å². The smallest absolute Gasteiger partial charge is 0.242 e.